The van der Waals surface area contributed by atoms with Crippen molar-refractivity contribution in [3.8, 4) is 6.07 Å². The van der Waals surface area contributed by atoms with Gasteiger partial charge in [0.05, 0.1) is 17.7 Å². The molecule has 0 aromatic rings. The fourth-order valence-corrected chi connectivity index (χ4v) is 0.747. The van der Waals surface area contributed by atoms with Crippen LogP contribution in [-0.4, -0.2) is 11.6 Å². The van der Waals surface area contributed by atoms with Gasteiger partial charge in [-0.1, -0.05) is 18.8 Å². The molecule has 0 aliphatic rings. The summed E-state index contributed by atoms with van der Waals surface area (Å²) < 4.78 is 4.97. The third-order valence-corrected chi connectivity index (χ3v) is 1.30. The van der Waals surface area contributed by atoms with Gasteiger partial charge in [-0.05, 0) is 6.92 Å². The molecule has 1 atom stereocenters. The highest BCUT2D eigenvalue weighted by Gasteiger charge is 2.15. The molecule has 0 rings (SSSR count). The molecule has 60 valence electrons. The molecular formula is C7H10N2OS. The summed E-state index contributed by atoms with van der Waals surface area (Å²) in [6, 6.07) is 1.90. The molecule has 0 saturated heterocycles. The molecule has 0 bridgehead atoms. The van der Waals surface area contributed by atoms with Gasteiger partial charge in [-0.2, -0.15) is 5.26 Å². The molecule has 0 radical (unpaired) electrons. The molecule has 0 heterocycles. The van der Waals surface area contributed by atoms with Crippen molar-refractivity contribution in [1.29, 1.82) is 5.26 Å². The summed E-state index contributed by atoms with van der Waals surface area (Å²) in [5.74, 6) is -0.340. The topological polar surface area (TPSA) is 59.0 Å². The fourth-order valence-electron chi connectivity index (χ4n) is 0.563. The number of rotatable bonds is 4. The van der Waals surface area contributed by atoms with Crippen LogP contribution in [0.5, 0.6) is 0 Å². The molecule has 0 spiro atoms. The summed E-state index contributed by atoms with van der Waals surface area (Å²) in [5.41, 5.74) is 5.25. The zero-order valence-corrected chi connectivity index (χ0v) is 7.15. The van der Waals surface area contributed by atoms with E-state index in [-0.39, 0.29) is 4.99 Å². The first kappa shape index (κ1) is 9.92. The predicted molar refractivity (Wildman–Crippen MR) is 46.7 cm³/mol. The third-order valence-electron chi connectivity index (χ3n) is 1.07. The standard InChI is InChI=1S/C7H10N2OS/c1-3-10-5(2)6(4-8)7(9)11/h6H,2-3H2,1H3,(H2,9,11). The maximum absolute atomic E-state index is 8.54. The first-order valence-corrected chi connectivity index (χ1v) is 3.54. The van der Waals surface area contributed by atoms with Crippen molar-refractivity contribution in [2.24, 2.45) is 11.7 Å². The minimum atomic E-state index is -0.662. The van der Waals surface area contributed by atoms with Crippen LogP contribution in [0.1, 0.15) is 6.92 Å². The van der Waals surface area contributed by atoms with Gasteiger partial charge in [-0.15, -0.1) is 0 Å². The van der Waals surface area contributed by atoms with Crippen molar-refractivity contribution in [3.63, 3.8) is 0 Å². The van der Waals surface area contributed by atoms with E-state index in [4.69, 9.17) is 15.7 Å². The minimum absolute atomic E-state index is 0.103. The molecule has 4 heteroatoms. The Balaban J connectivity index is 4.18. The van der Waals surface area contributed by atoms with Gasteiger partial charge in [-0.3, -0.25) is 0 Å². The maximum Gasteiger partial charge on any atom is 0.152 e. The summed E-state index contributed by atoms with van der Waals surface area (Å²) in [7, 11) is 0. The first-order chi connectivity index (χ1) is 5.13. The maximum atomic E-state index is 8.54. The van der Waals surface area contributed by atoms with Gasteiger partial charge in [0.15, 0.2) is 5.92 Å². The molecule has 0 fully saturated rings. The van der Waals surface area contributed by atoms with Crippen LogP contribution in [0, 0.1) is 17.2 Å². The first-order valence-electron chi connectivity index (χ1n) is 3.14. The molecule has 0 aliphatic heterocycles. The lowest BCUT2D eigenvalue weighted by atomic mass is 10.1. The normalized spacial score (nSPS) is 11.3. The van der Waals surface area contributed by atoms with Gasteiger partial charge in [0.25, 0.3) is 0 Å². The Morgan fingerprint density at radius 3 is 2.73 bits per heavy atom. The van der Waals surface area contributed by atoms with E-state index in [1.807, 2.05) is 6.07 Å². The van der Waals surface area contributed by atoms with E-state index in [1.165, 1.54) is 0 Å². The van der Waals surface area contributed by atoms with Crippen molar-refractivity contribution in [2.45, 2.75) is 6.92 Å². The summed E-state index contributed by atoms with van der Waals surface area (Å²) in [6.07, 6.45) is 0. The number of nitriles is 1. The molecule has 0 aromatic carbocycles. The number of hydrogen-bond donors (Lipinski definition) is 1. The molecule has 1 unspecified atom stereocenters. The Hall–Kier alpha value is -1.08. The van der Waals surface area contributed by atoms with Crippen LogP contribution in [0.3, 0.4) is 0 Å². The van der Waals surface area contributed by atoms with E-state index in [0.29, 0.717) is 12.4 Å². The van der Waals surface area contributed by atoms with Crippen LogP contribution in [0.25, 0.3) is 0 Å². The van der Waals surface area contributed by atoms with Crippen molar-refractivity contribution >= 4 is 17.2 Å². The van der Waals surface area contributed by atoms with Crippen LogP contribution >= 0.6 is 12.2 Å². The van der Waals surface area contributed by atoms with Gasteiger partial charge < -0.3 is 10.5 Å². The van der Waals surface area contributed by atoms with Gasteiger partial charge in [0.2, 0.25) is 0 Å². The van der Waals surface area contributed by atoms with E-state index in [9.17, 15) is 0 Å². The molecule has 0 aliphatic carbocycles. The van der Waals surface area contributed by atoms with E-state index in [0.717, 1.165) is 0 Å². The van der Waals surface area contributed by atoms with E-state index in [1.54, 1.807) is 6.92 Å². The SMILES string of the molecule is C=C(OCC)C(C#N)C(N)=S. The van der Waals surface area contributed by atoms with Gasteiger partial charge >= 0.3 is 0 Å². The van der Waals surface area contributed by atoms with Crippen molar-refractivity contribution in [2.75, 3.05) is 6.61 Å². The van der Waals surface area contributed by atoms with E-state index >= 15 is 0 Å². The van der Waals surface area contributed by atoms with E-state index in [2.05, 4.69) is 18.8 Å². The predicted octanol–water partition coefficient (Wildman–Crippen LogP) is 0.962. The number of hydrogen-bond acceptors (Lipinski definition) is 3. The van der Waals surface area contributed by atoms with Crippen LogP contribution < -0.4 is 5.73 Å². The zero-order valence-electron chi connectivity index (χ0n) is 6.33. The average Bonchev–Trinajstić information content (AvgIpc) is 1.88. The lowest BCUT2D eigenvalue weighted by molar-refractivity contribution is 0.218. The molecule has 0 aromatic heterocycles. The fraction of sp³-hybridized carbons (Fsp3) is 0.429. The molecule has 0 saturated carbocycles. The Morgan fingerprint density at radius 2 is 2.45 bits per heavy atom. The molecule has 3 nitrogen and oxygen atoms in total. The van der Waals surface area contributed by atoms with E-state index < -0.39 is 5.92 Å². The Labute approximate surface area is 71.4 Å². The molecule has 0 amide bonds. The second-order valence-corrected chi connectivity index (χ2v) is 2.34. The Morgan fingerprint density at radius 1 is 1.91 bits per heavy atom. The Kier molecular flexibility index (Phi) is 4.23. The quantitative estimate of drug-likeness (QED) is 0.504. The Bertz CT molecular complexity index is 207. The molecule has 2 N–H and O–H groups in total. The smallest absolute Gasteiger partial charge is 0.152 e. The summed E-state index contributed by atoms with van der Waals surface area (Å²) in [5, 5.41) is 8.54. The number of ether oxygens (including phenoxy) is 1. The monoisotopic (exact) mass is 170 g/mol. The lowest BCUT2D eigenvalue weighted by Crippen LogP contribution is -2.22. The van der Waals surface area contributed by atoms with Crippen LogP contribution in [0.15, 0.2) is 12.3 Å². The number of thiocarbonyl (C=S) groups is 1. The highest BCUT2D eigenvalue weighted by atomic mass is 32.1. The van der Waals surface area contributed by atoms with Gasteiger partial charge in [0, 0.05) is 0 Å². The minimum Gasteiger partial charge on any atom is -0.497 e. The third kappa shape index (κ3) is 3.01. The second-order valence-electron chi connectivity index (χ2n) is 1.86. The van der Waals surface area contributed by atoms with Crippen molar-refractivity contribution in [3.05, 3.63) is 12.3 Å². The van der Waals surface area contributed by atoms with Crippen LogP contribution in [0.4, 0.5) is 0 Å². The summed E-state index contributed by atoms with van der Waals surface area (Å²) in [6.45, 7) is 5.80. The highest BCUT2D eigenvalue weighted by molar-refractivity contribution is 7.80. The zero-order chi connectivity index (χ0) is 8.85. The summed E-state index contributed by atoms with van der Waals surface area (Å²) >= 11 is 4.62. The number of nitrogens with two attached hydrogens (primary N) is 1. The molecule has 11 heavy (non-hydrogen) atoms. The largest absolute Gasteiger partial charge is 0.497 e. The van der Waals surface area contributed by atoms with Gasteiger partial charge in [0.1, 0.15) is 5.76 Å². The van der Waals surface area contributed by atoms with Crippen molar-refractivity contribution < 1.29 is 4.74 Å². The average molecular weight is 170 g/mol. The molecular weight excluding hydrogens is 160 g/mol. The van der Waals surface area contributed by atoms with Crippen molar-refractivity contribution in [1.82, 2.24) is 0 Å². The number of nitrogens with zero attached hydrogens (tertiary/aromatic N) is 1. The lowest BCUT2D eigenvalue weighted by Gasteiger charge is -2.10. The van der Waals surface area contributed by atoms with Crippen LogP contribution in [0.2, 0.25) is 0 Å². The second kappa shape index (κ2) is 4.69. The summed E-state index contributed by atoms with van der Waals surface area (Å²) in [4.78, 5) is 0.103. The highest BCUT2D eigenvalue weighted by Crippen LogP contribution is 2.09. The van der Waals surface area contributed by atoms with Gasteiger partial charge in [-0.25, -0.2) is 0 Å². The van der Waals surface area contributed by atoms with Crippen LogP contribution in [-0.2, 0) is 4.74 Å².